The van der Waals surface area contributed by atoms with Crippen molar-refractivity contribution in [1.82, 2.24) is 9.80 Å². The second-order valence-electron chi connectivity index (χ2n) is 7.87. The van der Waals surface area contributed by atoms with Crippen LogP contribution in [0.3, 0.4) is 0 Å². The Morgan fingerprint density at radius 2 is 1.62 bits per heavy atom. The molecule has 1 saturated heterocycles. The van der Waals surface area contributed by atoms with Gasteiger partial charge in [0.05, 0.1) is 6.04 Å². The van der Waals surface area contributed by atoms with Gasteiger partial charge in [0.2, 0.25) is 0 Å². The van der Waals surface area contributed by atoms with Gasteiger partial charge < -0.3 is 19.5 Å². The van der Waals surface area contributed by atoms with Crippen molar-refractivity contribution in [2.75, 3.05) is 19.6 Å². The van der Waals surface area contributed by atoms with E-state index in [0.717, 1.165) is 4.90 Å². The van der Waals surface area contributed by atoms with Crippen LogP contribution in [0.4, 0.5) is 9.59 Å². The van der Waals surface area contributed by atoms with Gasteiger partial charge in [-0.3, -0.25) is 9.69 Å². The Hall–Kier alpha value is -1.99. The molecule has 1 aliphatic rings. The number of ether oxygens (including phenoxy) is 2. The van der Waals surface area contributed by atoms with E-state index >= 15 is 0 Å². The smallest absolute Gasteiger partial charge is 0.411 e. The number of hydrogen-bond donors (Lipinski definition) is 1. The molecule has 0 saturated carbocycles. The molecule has 1 fully saturated rings. The van der Waals surface area contributed by atoms with Crippen LogP contribution >= 0.6 is 0 Å². The molecule has 0 spiro atoms. The van der Waals surface area contributed by atoms with Gasteiger partial charge in [-0.1, -0.05) is 0 Å². The molecule has 0 aromatic heterocycles. The lowest BCUT2D eigenvalue weighted by molar-refractivity contribution is -0.138. The molecule has 2 amide bonds. The maximum Gasteiger partial charge on any atom is 0.411 e. The van der Waals surface area contributed by atoms with Crippen LogP contribution in [0.1, 0.15) is 48.0 Å². The topological polar surface area (TPSA) is 96.4 Å². The highest BCUT2D eigenvalue weighted by molar-refractivity contribution is 5.77. The van der Waals surface area contributed by atoms with E-state index in [1.165, 1.54) is 4.90 Å². The largest absolute Gasteiger partial charge is 0.480 e. The Morgan fingerprint density at radius 1 is 1.08 bits per heavy atom. The molecule has 1 aliphatic heterocycles. The normalized spacial score (nSPS) is 18.2. The van der Waals surface area contributed by atoms with E-state index in [2.05, 4.69) is 0 Å². The van der Waals surface area contributed by atoms with Crippen LogP contribution in [0.2, 0.25) is 0 Å². The highest BCUT2D eigenvalue weighted by atomic mass is 16.6. The van der Waals surface area contributed by atoms with E-state index in [-0.39, 0.29) is 6.54 Å². The Morgan fingerprint density at radius 3 is 2.08 bits per heavy atom. The summed E-state index contributed by atoms with van der Waals surface area (Å²) in [6.07, 6.45) is -0.684. The summed E-state index contributed by atoms with van der Waals surface area (Å²) in [4.78, 5) is 38.1. The first kappa shape index (κ1) is 20.1. The molecule has 0 bridgehead atoms. The minimum atomic E-state index is -1.13. The van der Waals surface area contributed by atoms with Gasteiger partial charge in [-0.2, -0.15) is 0 Å². The van der Waals surface area contributed by atoms with Gasteiger partial charge in [0, 0.05) is 13.1 Å². The Balaban J connectivity index is 2.77. The predicted molar refractivity (Wildman–Crippen MR) is 86.8 cm³/mol. The number of nitrogens with zero attached hydrogens (tertiary/aromatic N) is 2. The van der Waals surface area contributed by atoms with Crippen molar-refractivity contribution >= 4 is 18.2 Å². The van der Waals surface area contributed by atoms with Gasteiger partial charge in [-0.25, -0.2) is 9.59 Å². The molecule has 1 atom stereocenters. The predicted octanol–water partition coefficient (Wildman–Crippen LogP) is 2.32. The van der Waals surface area contributed by atoms with Crippen LogP contribution in [0.15, 0.2) is 0 Å². The number of carboxylic acid groups (broad SMARTS) is 1. The summed E-state index contributed by atoms with van der Waals surface area (Å²) in [5, 5.41) is 9.06. The van der Waals surface area contributed by atoms with Gasteiger partial charge in [-0.05, 0) is 48.0 Å². The lowest BCUT2D eigenvalue weighted by Crippen LogP contribution is -2.47. The molecular formula is C16H28N2O6. The molecule has 0 aromatic rings. The van der Waals surface area contributed by atoms with Gasteiger partial charge in [0.15, 0.2) is 0 Å². The molecule has 8 heteroatoms. The minimum absolute atomic E-state index is 0.224. The molecule has 24 heavy (non-hydrogen) atoms. The summed E-state index contributed by atoms with van der Waals surface area (Å²) in [6.45, 7) is 10.6. The van der Waals surface area contributed by atoms with Crippen LogP contribution in [-0.4, -0.2) is 69.9 Å². The second-order valence-corrected chi connectivity index (χ2v) is 7.87. The number of carboxylic acids is 1. The molecule has 0 aromatic carbocycles. The zero-order valence-electron chi connectivity index (χ0n) is 15.3. The summed E-state index contributed by atoms with van der Waals surface area (Å²) in [6, 6.07) is -0.413. The van der Waals surface area contributed by atoms with Crippen LogP contribution in [0.5, 0.6) is 0 Å². The molecule has 0 radical (unpaired) electrons. The number of likely N-dealkylation sites (tertiary alicyclic amines) is 1. The molecule has 1 rings (SSSR count). The van der Waals surface area contributed by atoms with Crippen LogP contribution in [0, 0.1) is 0 Å². The van der Waals surface area contributed by atoms with E-state index in [9.17, 15) is 14.4 Å². The number of carbonyl (C=O) groups is 3. The van der Waals surface area contributed by atoms with E-state index < -0.39 is 41.9 Å². The average molecular weight is 344 g/mol. The monoisotopic (exact) mass is 344 g/mol. The zero-order valence-corrected chi connectivity index (χ0v) is 15.3. The molecule has 8 nitrogen and oxygen atoms in total. The summed E-state index contributed by atoms with van der Waals surface area (Å²) >= 11 is 0. The third-order valence-corrected chi connectivity index (χ3v) is 3.19. The fourth-order valence-corrected chi connectivity index (χ4v) is 2.30. The van der Waals surface area contributed by atoms with Gasteiger partial charge in [0.25, 0.3) is 0 Å². The lowest BCUT2D eigenvalue weighted by atomic mass is 10.2. The molecule has 1 N–H and O–H groups in total. The maximum absolute atomic E-state index is 12.3. The molecular weight excluding hydrogens is 316 g/mol. The summed E-state index contributed by atoms with van der Waals surface area (Å²) in [5.41, 5.74) is -1.33. The number of amides is 2. The van der Waals surface area contributed by atoms with Crippen LogP contribution < -0.4 is 0 Å². The third-order valence-electron chi connectivity index (χ3n) is 3.19. The van der Waals surface area contributed by atoms with Crippen molar-refractivity contribution in [3.63, 3.8) is 0 Å². The van der Waals surface area contributed by atoms with Crippen molar-refractivity contribution in [1.29, 1.82) is 0 Å². The molecule has 0 aliphatic carbocycles. The Kier molecular flexibility index (Phi) is 6.08. The highest BCUT2D eigenvalue weighted by Gasteiger charge is 2.37. The van der Waals surface area contributed by atoms with Gasteiger partial charge in [-0.15, -0.1) is 0 Å². The first-order chi connectivity index (χ1) is 10.8. The Bertz CT molecular complexity index is 492. The number of aliphatic carboxylic acids is 1. The lowest BCUT2D eigenvalue weighted by Gasteiger charge is -2.30. The molecule has 0 unspecified atom stereocenters. The standard InChI is InChI=1S/C16H28N2O6/c1-15(2,3)23-13(21)17-8-7-11(9-17)18(10-12(19)20)14(22)24-16(4,5)6/h11H,7-10H2,1-6H3,(H,19,20)/t11-/m0/s1. The van der Waals surface area contributed by atoms with Crippen molar-refractivity contribution < 1.29 is 29.0 Å². The number of hydrogen-bond acceptors (Lipinski definition) is 5. The first-order valence-corrected chi connectivity index (χ1v) is 7.98. The Labute approximate surface area is 142 Å². The van der Waals surface area contributed by atoms with Gasteiger partial charge in [0.1, 0.15) is 17.7 Å². The van der Waals surface area contributed by atoms with E-state index in [1.807, 2.05) is 0 Å². The maximum atomic E-state index is 12.3. The summed E-state index contributed by atoms with van der Waals surface area (Å²) in [7, 11) is 0. The van der Waals surface area contributed by atoms with Gasteiger partial charge >= 0.3 is 18.2 Å². The van der Waals surface area contributed by atoms with Crippen molar-refractivity contribution in [2.45, 2.75) is 65.2 Å². The fourth-order valence-electron chi connectivity index (χ4n) is 2.30. The van der Waals surface area contributed by atoms with E-state index in [1.54, 1.807) is 41.5 Å². The molecule has 138 valence electrons. The highest BCUT2D eigenvalue weighted by Crippen LogP contribution is 2.21. The van der Waals surface area contributed by atoms with Crippen LogP contribution in [0.25, 0.3) is 0 Å². The quantitative estimate of drug-likeness (QED) is 0.844. The summed E-state index contributed by atoms with van der Waals surface area (Å²) < 4.78 is 10.6. The van der Waals surface area contributed by atoms with Crippen molar-refractivity contribution in [3.8, 4) is 0 Å². The average Bonchev–Trinajstić information content (AvgIpc) is 2.80. The SMILES string of the molecule is CC(C)(C)OC(=O)N1CC[C@H](N(CC(=O)O)C(=O)OC(C)(C)C)C1. The summed E-state index contributed by atoms with van der Waals surface area (Å²) in [5.74, 6) is -1.13. The number of rotatable bonds is 3. The first-order valence-electron chi connectivity index (χ1n) is 7.98. The van der Waals surface area contributed by atoms with Crippen LogP contribution in [-0.2, 0) is 14.3 Å². The zero-order chi connectivity index (χ0) is 18.7. The number of carbonyl (C=O) groups excluding carboxylic acids is 2. The van der Waals surface area contributed by atoms with Crippen molar-refractivity contribution in [3.05, 3.63) is 0 Å². The second kappa shape index (κ2) is 7.27. The minimum Gasteiger partial charge on any atom is -0.480 e. The fraction of sp³-hybridized carbons (Fsp3) is 0.812. The van der Waals surface area contributed by atoms with Crippen molar-refractivity contribution in [2.24, 2.45) is 0 Å². The molecule has 1 heterocycles. The van der Waals surface area contributed by atoms with E-state index in [0.29, 0.717) is 13.0 Å². The third kappa shape index (κ3) is 6.64. The van der Waals surface area contributed by atoms with E-state index in [4.69, 9.17) is 14.6 Å².